The minimum absolute atomic E-state index is 0.606. The van der Waals surface area contributed by atoms with Gasteiger partial charge in [-0.1, -0.05) is 44.4 Å². The lowest BCUT2D eigenvalue weighted by molar-refractivity contribution is 0.536. The van der Waals surface area contributed by atoms with Crippen molar-refractivity contribution in [2.45, 2.75) is 45.6 Å². The van der Waals surface area contributed by atoms with Gasteiger partial charge in [0.15, 0.2) is 0 Å². The maximum absolute atomic E-state index is 6.36. The number of hydrogen-bond donors (Lipinski definition) is 1. The number of rotatable bonds is 4. The molecule has 1 aromatic rings. The SMILES string of the molecule is CC(C)CN(c1c(N)cccc1Cl)C1CCCC1. The van der Waals surface area contributed by atoms with Crippen LogP contribution < -0.4 is 10.6 Å². The number of anilines is 2. The topological polar surface area (TPSA) is 29.3 Å². The highest BCUT2D eigenvalue weighted by Crippen LogP contribution is 2.37. The van der Waals surface area contributed by atoms with E-state index in [2.05, 4.69) is 18.7 Å². The Bertz CT molecular complexity index is 377. The molecular formula is C15H23ClN2. The lowest BCUT2D eigenvalue weighted by Gasteiger charge is -2.34. The lowest BCUT2D eigenvalue weighted by Crippen LogP contribution is -2.37. The van der Waals surface area contributed by atoms with Gasteiger partial charge in [0.1, 0.15) is 0 Å². The van der Waals surface area contributed by atoms with E-state index in [1.54, 1.807) is 0 Å². The van der Waals surface area contributed by atoms with Crippen molar-refractivity contribution >= 4 is 23.0 Å². The van der Waals surface area contributed by atoms with E-state index in [0.29, 0.717) is 12.0 Å². The fourth-order valence-electron chi connectivity index (χ4n) is 2.87. The second kappa shape index (κ2) is 5.83. The van der Waals surface area contributed by atoms with Crippen LogP contribution in [0.2, 0.25) is 5.02 Å². The summed E-state index contributed by atoms with van der Waals surface area (Å²) in [5.74, 6) is 0.612. The summed E-state index contributed by atoms with van der Waals surface area (Å²) in [6.45, 7) is 5.52. The zero-order valence-electron chi connectivity index (χ0n) is 11.3. The molecule has 1 aliphatic rings. The molecule has 18 heavy (non-hydrogen) atoms. The van der Waals surface area contributed by atoms with Crippen molar-refractivity contribution in [2.24, 2.45) is 5.92 Å². The average Bonchev–Trinajstić information content (AvgIpc) is 2.80. The Morgan fingerprint density at radius 3 is 2.56 bits per heavy atom. The van der Waals surface area contributed by atoms with Gasteiger partial charge in [-0.3, -0.25) is 0 Å². The number of nitrogen functional groups attached to an aromatic ring is 1. The molecule has 1 aromatic carbocycles. The van der Waals surface area contributed by atoms with Crippen LogP contribution in [0.25, 0.3) is 0 Å². The molecule has 0 saturated heterocycles. The van der Waals surface area contributed by atoms with Gasteiger partial charge < -0.3 is 10.6 Å². The predicted octanol–water partition coefficient (Wildman–Crippen LogP) is 4.33. The van der Waals surface area contributed by atoms with Crippen molar-refractivity contribution in [3.05, 3.63) is 23.2 Å². The lowest BCUT2D eigenvalue weighted by atomic mass is 10.1. The van der Waals surface area contributed by atoms with Crippen LogP contribution in [0.4, 0.5) is 11.4 Å². The average molecular weight is 267 g/mol. The molecule has 0 aromatic heterocycles. The third-order valence-electron chi connectivity index (χ3n) is 3.63. The number of nitrogens with zero attached hydrogens (tertiary/aromatic N) is 1. The van der Waals surface area contributed by atoms with Crippen LogP contribution in [0, 0.1) is 5.92 Å². The Kier molecular flexibility index (Phi) is 4.39. The summed E-state index contributed by atoms with van der Waals surface area (Å²) in [6.07, 6.45) is 5.17. The van der Waals surface area contributed by atoms with E-state index in [-0.39, 0.29) is 0 Å². The fourth-order valence-corrected chi connectivity index (χ4v) is 3.16. The second-order valence-electron chi connectivity index (χ2n) is 5.66. The predicted molar refractivity (Wildman–Crippen MR) is 80.3 cm³/mol. The highest BCUT2D eigenvalue weighted by Gasteiger charge is 2.26. The minimum atomic E-state index is 0.606. The summed E-state index contributed by atoms with van der Waals surface area (Å²) >= 11 is 6.36. The third kappa shape index (κ3) is 2.92. The van der Waals surface area contributed by atoms with Gasteiger partial charge in [-0.05, 0) is 30.9 Å². The van der Waals surface area contributed by atoms with Crippen LogP contribution in [0.15, 0.2) is 18.2 Å². The number of halogens is 1. The highest BCUT2D eigenvalue weighted by molar-refractivity contribution is 6.34. The molecule has 0 heterocycles. The Morgan fingerprint density at radius 1 is 1.33 bits per heavy atom. The molecule has 2 rings (SSSR count). The molecule has 100 valence electrons. The van der Waals surface area contributed by atoms with Gasteiger partial charge in [0.05, 0.1) is 16.4 Å². The first-order valence-electron chi connectivity index (χ1n) is 6.90. The number of nitrogens with two attached hydrogens (primary N) is 1. The highest BCUT2D eigenvalue weighted by atomic mass is 35.5. The van der Waals surface area contributed by atoms with Gasteiger partial charge in [-0.15, -0.1) is 0 Å². The van der Waals surface area contributed by atoms with Gasteiger partial charge in [0.25, 0.3) is 0 Å². The smallest absolute Gasteiger partial charge is 0.0791 e. The van der Waals surface area contributed by atoms with Gasteiger partial charge in [-0.25, -0.2) is 0 Å². The van der Waals surface area contributed by atoms with Crippen LogP contribution in [0.3, 0.4) is 0 Å². The molecule has 0 spiro atoms. The van der Waals surface area contributed by atoms with Crippen LogP contribution in [-0.2, 0) is 0 Å². The largest absolute Gasteiger partial charge is 0.397 e. The molecule has 0 radical (unpaired) electrons. The van der Waals surface area contributed by atoms with Crippen molar-refractivity contribution in [2.75, 3.05) is 17.2 Å². The number of hydrogen-bond acceptors (Lipinski definition) is 2. The number of benzene rings is 1. The van der Waals surface area contributed by atoms with E-state index in [9.17, 15) is 0 Å². The quantitative estimate of drug-likeness (QED) is 0.822. The molecule has 0 atom stereocenters. The first kappa shape index (κ1) is 13.5. The van der Waals surface area contributed by atoms with Crippen molar-refractivity contribution in [1.82, 2.24) is 0 Å². The summed E-state index contributed by atoms with van der Waals surface area (Å²) in [4.78, 5) is 2.44. The second-order valence-corrected chi connectivity index (χ2v) is 6.07. The zero-order valence-corrected chi connectivity index (χ0v) is 12.1. The first-order chi connectivity index (χ1) is 8.59. The van der Waals surface area contributed by atoms with E-state index in [1.165, 1.54) is 25.7 Å². The van der Waals surface area contributed by atoms with Gasteiger partial charge in [0, 0.05) is 12.6 Å². The maximum Gasteiger partial charge on any atom is 0.0791 e. The Hall–Kier alpha value is -0.890. The Balaban J connectivity index is 2.32. The van der Waals surface area contributed by atoms with Crippen LogP contribution >= 0.6 is 11.6 Å². The summed E-state index contributed by atoms with van der Waals surface area (Å²) in [5.41, 5.74) is 7.98. The molecule has 1 fully saturated rings. The van der Waals surface area contributed by atoms with E-state index >= 15 is 0 Å². The van der Waals surface area contributed by atoms with Gasteiger partial charge >= 0.3 is 0 Å². The van der Waals surface area contributed by atoms with Gasteiger partial charge in [-0.2, -0.15) is 0 Å². The first-order valence-corrected chi connectivity index (χ1v) is 7.28. The summed E-state index contributed by atoms with van der Waals surface area (Å²) < 4.78 is 0. The Labute approximate surface area is 115 Å². The zero-order chi connectivity index (χ0) is 13.1. The molecule has 0 aliphatic heterocycles. The standard InChI is InChI=1S/C15H23ClN2/c1-11(2)10-18(12-6-3-4-7-12)15-13(16)8-5-9-14(15)17/h5,8-9,11-12H,3-4,6-7,10,17H2,1-2H3. The van der Waals surface area contributed by atoms with E-state index < -0.39 is 0 Å². The summed E-state index contributed by atoms with van der Waals surface area (Å²) in [5, 5.41) is 0.780. The van der Waals surface area contributed by atoms with Crippen molar-refractivity contribution in [3.8, 4) is 0 Å². The monoisotopic (exact) mass is 266 g/mol. The van der Waals surface area contributed by atoms with Gasteiger partial charge in [0.2, 0.25) is 0 Å². The molecule has 1 saturated carbocycles. The van der Waals surface area contributed by atoms with E-state index in [0.717, 1.165) is 22.9 Å². The van der Waals surface area contributed by atoms with Crippen LogP contribution in [0.5, 0.6) is 0 Å². The molecular weight excluding hydrogens is 244 g/mol. The minimum Gasteiger partial charge on any atom is -0.397 e. The molecule has 2 N–H and O–H groups in total. The van der Waals surface area contributed by atoms with Crippen LogP contribution in [-0.4, -0.2) is 12.6 Å². The molecule has 2 nitrogen and oxygen atoms in total. The summed E-state index contributed by atoms with van der Waals surface area (Å²) in [7, 11) is 0. The number of para-hydroxylation sites is 1. The van der Waals surface area contributed by atoms with Crippen molar-refractivity contribution in [1.29, 1.82) is 0 Å². The van der Waals surface area contributed by atoms with Crippen LogP contribution in [0.1, 0.15) is 39.5 Å². The molecule has 0 bridgehead atoms. The normalized spacial score (nSPS) is 16.4. The van der Waals surface area contributed by atoms with Crippen molar-refractivity contribution < 1.29 is 0 Å². The molecule has 0 amide bonds. The molecule has 0 unspecified atom stereocenters. The third-order valence-corrected chi connectivity index (χ3v) is 3.94. The van der Waals surface area contributed by atoms with E-state index in [1.807, 2.05) is 18.2 Å². The maximum atomic E-state index is 6.36. The van der Waals surface area contributed by atoms with Crippen molar-refractivity contribution in [3.63, 3.8) is 0 Å². The van der Waals surface area contributed by atoms with E-state index in [4.69, 9.17) is 17.3 Å². The molecule has 1 aliphatic carbocycles. The summed E-state index contributed by atoms with van der Waals surface area (Å²) in [6, 6.07) is 6.41. The fraction of sp³-hybridized carbons (Fsp3) is 0.600. The molecule has 3 heteroatoms. The Morgan fingerprint density at radius 2 is 2.00 bits per heavy atom.